The summed E-state index contributed by atoms with van der Waals surface area (Å²) >= 11 is 1.28. The highest BCUT2D eigenvalue weighted by Gasteiger charge is 2.15. The summed E-state index contributed by atoms with van der Waals surface area (Å²) < 4.78 is 26.4. The van der Waals surface area contributed by atoms with Crippen LogP contribution in [0.3, 0.4) is 0 Å². The van der Waals surface area contributed by atoms with Crippen LogP contribution in [0.4, 0.5) is 5.13 Å². The quantitative estimate of drug-likeness (QED) is 0.896. The van der Waals surface area contributed by atoms with E-state index in [2.05, 4.69) is 9.71 Å². The van der Waals surface area contributed by atoms with Gasteiger partial charge in [-0.3, -0.25) is 4.72 Å². The van der Waals surface area contributed by atoms with E-state index in [1.165, 1.54) is 23.5 Å². The van der Waals surface area contributed by atoms with Crippen LogP contribution in [0.15, 0.2) is 35.4 Å². The molecular weight excluding hydrogens is 272 g/mol. The number of thiazole rings is 1. The molecule has 0 radical (unpaired) electrons. The Morgan fingerprint density at radius 3 is 2.50 bits per heavy atom. The summed E-state index contributed by atoms with van der Waals surface area (Å²) in [5, 5.41) is 9.24. The fourth-order valence-corrected chi connectivity index (χ4v) is 3.26. The number of aromatic nitrogens is 1. The normalized spacial score (nSPS) is 11.4. The zero-order chi connectivity index (χ0) is 13.2. The van der Waals surface area contributed by atoms with Crippen molar-refractivity contribution >= 4 is 26.5 Å². The van der Waals surface area contributed by atoms with Gasteiger partial charge in [0.15, 0.2) is 5.13 Å². The van der Waals surface area contributed by atoms with Gasteiger partial charge in [0.05, 0.1) is 11.5 Å². The predicted molar refractivity (Wildman–Crippen MR) is 70.0 cm³/mol. The molecule has 0 saturated carbocycles. The average molecular weight is 284 g/mol. The first kappa shape index (κ1) is 13.0. The Balaban J connectivity index is 2.24. The second-order valence-electron chi connectivity index (χ2n) is 3.68. The van der Waals surface area contributed by atoms with E-state index in [0.717, 1.165) is 4.88 Å². The Bertz CT molecular complexity index is 633. The van der Waals surface area contributed by atoms with Crippen molar-refractivity contribution in [3.63, 3.8) is 0 Å². The number of sulfonamides is 1. The standard InChI is InChI=1S/C11H12N2O3S2/c1-8-6-12-11(17-8)13-18(15,16)10-4-2-9(7-14)3-5-10/h2-6,14H,7H2,1H3,(H,12,13). The van der Waals surface area contributed by atoms with Gasteiger partial charge in [-0.15, -0.1) is 11.3 Å². The Hall–Kier alpha value is -1.44. The van der Waals surface area contributed by atoms with Gasteiger partial charge in [0, 0.05) is 11.1 Å². The molecule has 1 aromatic heterocycles. The number of hydrogen-bond donors (Lipinski definition) is 2. The van der Waals surface area contributed by atoms with Gasteiger partial charge in [0.2, 0.25) is 0 Å². The van der Waals surface area contributed by atoms with E-state index < -0.39 is 10.0 Å². The summed E-state index contributed by atoms with van der Waals surface area (Å²) in [6.45, 7) is 1.74. The first-order valence-corrected chi connectivity index (χ1v) is 7.46. The number of aryl methyl sites for hydroxylation is 1. The lowest BCUT2D eigenvalue weighted by Crippen LogP contribution is -2.12. The highest BCUT2D eigenvalue weighted by atomic mass is 32.2. The van der Waals surface area contributed by atoms with Gasteiger partial charge in [-0.2, -0.15) is 0 Å². The number of rotatable bonds is 4. The molecule has 0 fully saturated rings. The summed E-state index contributed by atoms with van der Waals surface area (Å²) in [7, 11) is -3.61. The smallest absolute Gasteiger partial charge is 0.263 e. The molecule has 96 valence electrons. The lowest BCUT2D eigenvalue weighted by molar-refractivity contribution is 0.282. The molecule has 0 amide bonds. The third-order valence-corrected chi connectivity index (χ3v) is 4.57. The molecule has 7 heteroatoms. The van der Waals surface area contributed by atoms with Crippen molar-refractivity contribution in [2.45, 2.75) is 18.4 Å². The molecule has 0 saturated heterocycles. The van der Waals surface area contributed by atoms with Crippen LogP contribution in [0, 0.1) is 6.92 Å². The molecule has 5 nitrogen and oxygen atoms in total. The molecule has 0 bridgehead atoms. The van der Waals surface area contributed by atoms with Crippen molar-refractivity contribution in [1.82, 2.24) is 4.98 Å². The molecule has 2 aromatic rings. The summed E-state index contributed by atoms with van der Waals surface area (Å²) in [4.78, 5) is 5.03. The van der Waals surface area contributed by atoms with Crippen molar-refractivity contribution < 1.29 is 13.5 Å². The predicted octanol–water partition coefficient (Wildman–Crippen LogP) is 1.74. The maximum absolute atomic E-state index is 12.0. The Labute approximate surface area is 109 Å². The maximum Gasteiger partial charge on any atom is 0.263 e. The number of aliphatic hydroxyl groups is 1. The summed E-state index contributed by atoms with van der Waals surface area (Å²) in [5.41, 5.74) is 0.666. The van der Waals surface area contributed by atoms with Gasteiger partial charge in [-0.1, -0.05) is 12.1 Å². The molecule has 0 atom stereocenters. The number of nitrogens with zero attached hydrogens (tertiary/aromatic N) is 1. The summed E-state index contributed by atoms with van der Waals surface area (Å²) in [5.74, 6) is 0. The van der Waals surface area contributed by atoms with Crippen LogP contribution in [0.1, 0.15) is 10.4 Å². The van der Waals surface area contributed by atoms with Gasteiger partial charge >= 0.3 is 0 Å². The molecule has 0 spiro atoms. The van der Waals surface area contributed by atoms with Crippen LogP contribution in [0.2, 0.25) is 0 Å². The average Bonchev–Trinajstić information content (AvgIpc) is 2.74. The van der Waals surface area contributed by atoms with Crippen molar-refractivity contribution in [2.24, 2.45) is 0 Å². The van der Waals surface area contributed by atoms with E-state index in [1.807, 2.05) is 6.92 Å². The second kappa shape index (κ2) is 5.05. The van der Waals surface area contributed by atoms with E-state index in [1.54, 1.807) is 18.3 Å². The highest BCUT2D eigenvalue weighted by Crippen LogP contribution is 2.21. The van der Waals surface area contributed by atoms with Crippen LogP contribution < -0.4 is 4.72 Å². The Morgan fingerprint density at radius 2 is 2.00 bits per heavy atom. The maximum atomic E-state index is 12.0. The fraction of sp³-hybridized carbons (Fsp3) is 0.182. The molecule has 0 aliphatic carbocycles. The molecule has 0 aliphatic heterocycles. The molecule has 0 unspecified atom stereocenters. The zero-order valence-corrected chi connectivity index (χ0v) is 11.3. The minimum Gasteiger partial charge on any atom is -0.392 e. The van der Waals surface area contributed by atoms with E-state index in [-0.39, 0.29) is 11.5 Å². The third-order valence-electron chi connectivity index (χ3n) is 2.26. The largest absolute Gasteiger partial charge is 0.392 e. The van der Waals surface area contributed by atoms with Gasteiger partial charge < -0.3 is 5.11 Å². The monoisotopic (exact) mass is 284 g/mol. The van der Waals surface area contributed by atoms with E-state index in [0.29, 0.717) is 10.7 Å². The van der Waals surface area contributed by atoms with Gasteiger partial charge in [0.1, 0.15) is 0 Å². The first-order valence-electron chi connectivity index (χ1n) is 5.16. The minimum atomic E-state index is -3.61. The third kappa shape index (κ3) is 2.87. The zero-order valence-electron chi connectivity index (χ0n) is 9.62. The van der Waals surface area contributed by atoms with Crippen LogP contribution >= 0.6 is 11.3 Å². The molecule has 0 aliphatic rings. The highest BCUT2D eigenvalue weighted by molar-refractivity contribution is 7.93. The van der Waals surface area contributed by atoms with Crippen molar-refractivity contribution in [3.8, 4) is 0 Å². The molecule has 1 heterocycles. The van der Waals surface area contributed by atoms with Crippen LogP contribution in [-0.2, 0) is 16.6 Å². The minimum absolute atomic E-state index is 0.112. The van der Waals surface area contributed by atoms with Gasteiger partial charge in [-0.25, -0.2) is 13.4 Å². The van der Waals surface area contributed by atoms with Crippen LogP contribution in [0.5, 0.6) is 0 Å². The number of benzene rings is 1. The van der Waals surface area contributed by atoms with E-state index in [4.69, 9.17) is 5.11 Å². The molecular formula is C11H12N2O3S2. The fourth-order valence-electron chi connectivity index (χ4n) is 1.35. The molecule has 1 aromatic carbocycles. The van der Waals surface area contributed by atoms with Crippen molar-refractivity contribution in [2.75, 3.05) is 4.72 Å². The van der Waals surface area contributed by atoms with E-state index >= 15 is 0 Å². The molecule has 2 rings (SSSR count). The molecule has 18 heavy (non-hydrogen) atoms. The number of anilines is 1. The SMILES string of the molecule is Cc1cnc(NS(=O)(=O)c2ccc(CO)cc2)s1. The van der Waals surface area contributed by atoms with Crippen LogP contribution in [0.25, 0.3) is 0 Å². The van der Waals surface area contributed by atoms with Crippen LogP contribution in [-0.4, -0.2) is 18.5 Å². The summed E-state index contributed by atoms with van der Waals surface area (Å²) in [6.07, 6.45) is 1.61. The van der Waals surface area contributed by atoms with Crippen molar-refractivity contribution in [1.29, 1.82) is 0 Å². The van der Waals surface area contributed by atoms with Crippen molar-refractivity contribution in [3.05, 3.63) is 40.9 Å². The second-order valence-corrected chi connectivity index (χ2v) is 6.60. The lowest BCUT2D eigenvalue weighted by atomic mass is 10.2. The number of hydrogen-bond acceptors (Lipinski definition) is 5. The van der Waals surface area contributed by atoms with Gasteiger partial charge in [0.25, 0.3) is 10.0 Å². The Morgan fingerprint density at radius 1 is 1.33 bits per heavy atom. The van der Waals surface area contributed by atoms with Gasteiger partial charge in [-0.05, 0) is 24.6 Å². The molecule has 2 N–H and O–H groups in total. The Kier molecular flexibility index (Phi) is 3.65. The first-order chi connectivity index (χ1) is 8.51. The summed E-state index contributed by atoms with van der Waals surface area (Å²) in [6, 6.07) is 6.05. The number of nitrogens with one attached hydrogen (secondary N) is 1. The topological polar surface area (TPSA) is 79.3 Å². The van der Waals surface area contributed by atoms with E-state index in [9.17, 15) is 8.42 Å². The lowest BCUT2D eigenvalue weighted by Gasteiger charge is -2.05. The number of aliphatic hydroxyl groups excluding tert-OH is 1.